The minimum absolute atomic E-state index is 0.126. The van der Waals surface area contributed by atoms with Crippen LogP contribution in [-0.2, 0) is 9.53 Å². The molecule has 2 aromatic rings. The van der Waals surface area contributed by atoms with Crippen molar-refractivity contribution in [2.45, 2.75) is 30.7 Å². The lowest BCUT2D eigenvalue weighted by Crippen LogP contribution is -2.24. The quantitative estimate of drug-likeness (QED) is 0.472. The van der Waals surface area contributed by atoms with Crippen molar-refractivity contribution in [3.63, 3.8) is 0 Å². The standard InChI is InChI=1S/C17H19N3O3S/c1-3-14(24-17-18-10-5-11-19-17)15(21)20-13-8-6-12(7-9-13)16(22)23-4-2/h5-11,14H,3-4H2,1-2H3,(H,20,21). The third-order valence-electron chi connectivity index (χ3n) is 3.12. The molecule has 1 atom stereocenters. The maximum absolute atomic E-state index is 12.4. The third-order valence-corrected chi connectivity index (χ3v) is 4.37. The van der Waals surface area contributed by atoms with E-state index in [1.165, 1.54) is 11.8 Å². The molecule has 1 aromatic carbocycles. The second-order valence-corrected chi connectivity index (χ2v) is 6.00. The summed E-state index contributed by atoms with van der Waals surface area (Å²) < 4.78 is 4.93. The molecular weight excluding hydrogens is 326 g/mol. The molecule has 2 rings (SSSR count). The van der Waals surface area contributed by atoms with Crippen LogP contribution >= 0.6 is 11.8 Å². The number of aromatic nitrogens is 2. The van der Waals surface area contributed by atoms with Crippen LogP contribution in [0.25, 0.3) is 0 Å². The van der Waals surface area contributed by atoms with Crippen molar-refractivity contribution in [1.29, 1.82) is 0 Å². The van der Waals surface area contributed by atoms with E-state index < -0.39 is 0 Å². The lowest BCUT2D eigenvalue weighted by Gasteiger charge is -2.13. The number of carbonyl (C=O) groups is 2. The van der Waals surface area contributed by atoms with Crippen molar-refractivity contribution in [3.8, 4) is 0 Å². The number of hydrogen-bond donors (Lipinski definition) is 1. The molecule has 126 valence electrons. The summed E-state index contributed by atoms with van der Waals surface area (Å²) in [5.41, 5.74) is 1.08. The van der Waals surface area contributed by atoms with E-state index in [-0.39, 0.29) is 17.1 Å². The van der Waals surface area contributed by atoms with Crippen LogP contribution < -0.4 is 5.32 Å². The fraction of sp³-hybridized carbons (Fsp3) is 0.294. The van der Waals surface area contributed by atoms with Crippen LogP contribution in [0.2, 0.25) is 0 Å². The largest absolute Gasteiger partial charge is 0.462 e. The first-order valence-corrected chi connectivity index (χ1v) is 8.53. The average molecular weight is 345 g/mol. The highest BCUT2D eigenvalue weighted by Crippen LogP contribution is 2.23. The van der Waals surface area contributed by atoms with Crippen molar-refractivity contribution in [3.05, 3.63) is 48.3 Å². The number of nitrogens with zero attached hydrogens (tertiary/aromatic N) is 2. The van der Waals surface area contributed by atoms with Gasteiger partial charge in [0.15, 0.2) is 5.16 Å². The maximum Gasteiger partial charge on any atom is 0.338 e. The van der Waals surface area contributed by atoms with E-state index in [0.717, 1.165) is 0 Å². The van der Waals surface area contributed by atoms with E-state index >= 15 is 0 Å². The average Bonchev–Trinajstić information content (AvgIpc) is 2.61. The third kappa shape index (κ3) is 5.06. The molecule has 1 amide bonds. The Kier molecular flexibility index (Phi) is 6.74. The summed E-state index contributed by atoms with van der Waals surface area (Å²) >= 11 is 1.32. The van der Waals surface area contributed by atoms with Crippen molar-refractivity contribution in [2.75, 3.05) is 11.9 Å². The number of anilines is 1. The Labute approximate surface area is 145 Å². The highest BCUT2D eigenvalue weighted by molar-refractivity contribution is 8.00. The van der Waals surface area contributed by atoms with Gasteiger partial charge in [0.25, 0.3) is 0 Å². The predicted octanol–water partition coefficient (Wildman–Crippen LogP) is 3.16. The second-order valence-electron chi connectivity index (χ2n) is 4.83. The Morgan fingerprint density at radius 3 is 2.42 bits per heavy atom. The molecule has 0 fully saturated rings. The number of rotatable bonds is 7. The summed E-state index contributed by atoms with van der Waals surface area (Å²) in [5, 5.41) is 3.12. The summed E-state index contributed by atoms with van der Waals surface area (Å²) in [4.78, 5) is 32.2. The smallest absolute Gasteiger partial charge is 0.338 e. The fourth-order valence-electron chi connectivity index (χ4n) is 1.92. The highest BCUT2D eigenvalue weighted by Gasteiger charge is 2.19. The summed E-state index contributed by atoms with van der Waals surface area (Å²) in [6.07, 6.45) is 3.94. The zero-order chi connectivity index (χ0) is 17.4. The van der Waals surface area contributed by atoms with Gasteiger partial charge < -0.3 is 10.1 Å². The Balaban J connectivity index is 1.98. The number of esters is 1. The molecule has 0 saturated carbocycles. The van der Waals surface area contributed by atoms with Gasteiger partial charge in [-0.3, -0.25) is 4.79 Å². The summed E-state index contributed by atoms with van der Waals surface area (Å²) in [5.74, 6) is -0.502. The van der Waals surface area contributed by atoms with Crippen LogP contribution in [0.3, 0.4) is 0 Å². The van der Waals surface area contributed by atoms with E-state index in [1.807, 2.05) is 6.92 Å². The van der Waals surface area contributed by atoms with Crippen LogP contribution in [0.5, 0.6) is 0 Å². The lowest BCUT2D eigenvalue weighted by molar-refractivity contribution is -0.115. The molecule has 0 aliphatic carbocycles. The molecule has 0 bridgehead atoms. The van der Waals surface area contributed by atoms with Crippen molar-refractivity contribution in [2.24, 2.45) is 0 Å². The molecule has 6 nitrogen and oxygen atoms in total. The van der Waals surface area contributed by atoms with Gasteiger partial charge in [-0.2, -0.15) is 0 Å². The highest BCUT2D eigenvalue weighted by atomic mass is 32.2. The van der Waals surface area contributed by atoms with Crippen LogP contribution in [0.4, 0.5) is 5.69 Å². The molecule has 0 saturated heterocycles. The Morgan fingerprint density at radius 2 is 1.83 bits per heavy atom. The molecule has 7 heteroatoms. The number of ether oxygens (including phenoxy) is 1. The molecular formula is C17H19N3O3S. The Bertz CT molecular complexity index is 677. The summed E-state index contributed by atoms with van der Waals surface area (Å²) in [6, 6.07) is 8.35. The van der Waals surface area contributed by atoms with Crippen molar-refractivity contribution >= 4 is 29.3 Å². The first kappa shape index (κ1) is 17.9. The van der Waals surface area contributed by atoms with E-state index in [4.69, 9.17) is 4.74 Å². The zero-order valence-corrected chi connectivity index (χ0v) is 14.4. The number of benzene rings is 1. The van der Waals surface area contributed by atoms with Crippen molar-refractivity contribution in [1.82, 2.24) is 9.97 Å². The van der Waals surface area contributed by atoms with Gasteiger partial charge in [0.1, 0.15) is 0 Å². The zero-order valence-electron chi connectivity index (χ0n) is 13.6. The minimum Gasteiger partial charge on any atom is -0.462 e. The van der Waals surface area contributed by atoms with Gasteiger partial charge in [-0.25, -0.2) is 14.8 Å². The molecule has 1 heterocycles. The second kappa shape index (κ2) is 9.02. The Hall–Kier alpha value is -2.41. The monoisotopic (exact) mass is 345 g/mol. The van der Waals surface area contributed by atoms with Gasteiger partial charge in [0.2, 0.25) is 5.91 Å². The van der Waals surface area contributed by atoms with Gasteiger partial charge in [0.05, 0.1) is 17.4 Å². The van der Waals surface area contributed by atoms with Gasteiger partial charge >= 0.3 is 5.97 Å². The molecule has 0 aliphatic heterocycles. The maximum atomic E-state index is 12.4. The molecule has 0 spiro atoms. The number of hydrogen-bond acceptors (Lipinski definition) is 6. The fourth-order valence-corrected chi connectivity index (χ4v) is 2.75. The van der Waals surface area contributed by atoms with Crippen LogP contribution in [-0.4, -0.2) is 33.7 Å². The van der Waals surface area contributed by atoms with E-state index in [2.05, 4.69) is 15.3 Å². The van der Waals surface area contributed by atoms with Crippen molar-refractivity contribution < 1.29 is 14.3 Å². The molecule has 24 heavy (non-hydrogen) atoms. The number of amides is 1. The van der Waals surface area contributed by atoms with Gasteiger partial charge in [-0.05, 0) is 43.7 Å². The predicted molar refractivity (Wildman–Crippen MR) is 93.0 cm³/mol. The lowest BCUT2D eigenvalue weighted by atomic mass is 10.2. The van der Waals surface area contributed by atoms with Gasteiger partial charge in [0, 0.05) is 18.1 Å². The topological polar surface area (TPSA) is 81.2 Å². The van der Waals surface area contributed by atoms with E-state index in [1.54, 1.807) is 49.6 Å². The molecule has 0 aliphatic rings. The Morgan fingerprint density at radius 1 is 1.17 bits per heavy atom. The van der Waals surface area contributed by atoms with Gasteiger partial charge in [-0.1, -0.05) is 18.7 Å². The van der Waals surface area contributed by atoms with E-state index in [0.29, 0.717) is 29.4 Å². The normalized spacial score (nSPS) is 11.6. The van der Waals surface area contributed by atoms with Crippen LogP contribution in [0, 0.1) is 0 Å². The van der Waals surface area contributed by atoms with Gasteiger partial charge in [-0.15, -0.1) is 0 Å². The molecule has 1 N–H and O–H groups in total. The SMILES string of the molecule is CCOC(=O)c1ccc(NC(=O)C(CC)Sc2ncccn2)cc1. The minimum atomic E-state index is -0.376. The molecule has 0 radical (unpaired) electrons. The van der Waals surface area contributed by atoms with E-state index in [9.17, 15) is 9.59 Å². The number of thioether (sulfide) groups is 1. The number of carbonyl (C=O) groups excluding carboxylic acids is 2. The number of nitrogens with one attached hydrogen (secondary N) is 1. The first-order valence-electron chi connectivity index (χ1n) is 7.65. The first-order chi connectivity index (χ1) is 11.6. The molecule has 1 unspecified atom stereocenters. The summed E-state index contributed by atoms with van der Waals surface area (Å²) in [6.45, 7) is 4.02. The van der Waals surface area contributed by atoms with Crippen LogP contribution in [0.1, 0.15) is 30.6 Å². The summed E-state index contributed by atoms with van der Waals surface area (Å²) in [7, 11) is 0. The van der Waals surface area contributed by atoms with Crippen LogP contribution in [0.15, 0.2) is 47.9 Å². The molecule has 1 aromatic heterocycles.